The van der Waals surface area contributed by atoms with E-state index in [0.29, 0.717) is 6.54 Å². The molecule has 3 heteroatoms. The Bertz CT molecular complexity index is 437. The summed E-state index contributed by atoms with van der Waals surface area (Å²) in [5.74, 6) is 6.02. The average Bonchev–Trinajstić information content (AvgIpc) is 2.41. The second-order valence-corrected chi connectivity index (χ2v) is 4.61. The number of para-hydroxylation sites is 1. The maximum Gasteiger partial charge on any atom is 0.0603 e. The number of nitrogens with zero attached hydrogens (tertiary/aromatic N) is 2. The Morgan fingerprint density at radius 3 is 2.50 bits per heavy atom. The zero-order valence-electron chi connectivity index (χ0n) is 11.0. The third kappa shape index (κ3) is 3.25. The predicted molar refractivity (Wildman–Crippen MR) is 76.7 cm³/mol. The Hall–Kier alpha value is -1.50. The second kappa shape index (κ2) is 6.44. The van der Waals surface area contributed by atoms with Crippen molar-refractivity contribution in [2.45, 2.75) is 6.92 Å². The van der Waals surface area contributed by atoms with Gasteiger partial charge in [0.2, 0.25) is 0 Å². The molecule has 0 bridgehead atoms. The van der Waals surface area contributed by atoms with Gasteiger partial charge in [0.1, 0.15) is 0 Å². The van der Waals surface area contributed by atoms with E-state index in [1.807, 2.05) is 0 Å². The van der Waals surface area contributed by atoms with Gasteiger partial charge in [-0.15, -0.1) is 0 Å². The van der Waals surface area contributed by atoms with Gasteiger partial charge in [0.15, 0.2) is 0 Å². The number of aryl methyl sites for hydroxylation is 1. The topological polar surface area (TPSA) is 32.5 Å². The highest BCUT2D eigenvalue weighted by Gasteiger charge is 2.17. The Kier molecular flexibility index (Phi) is 4.63. The maximum atomic E-state index is 5.36. The molecule has 0 radical (unpaired) electrons. The van der Waals surface area contributed by atoms with Crippen LogP contribution in [0.25, 0.3) is 0 Å². The van der Waals surface area contributed by atoms with Gasteiger partial charge in [0.25, 0.3) is 0 Å². The highest BCUT2D eigenvalue weighted by molar-refractivity contribution is 5.53. The lowest BCUT2D eigenvalue weighted by atomic mass is 10.1. The quantitative estimate of drug-likeness (QED) is 0.789. The van der Waals surface area contributed by atoms with E-state index in [4.69, 9.17) is 5.73 Å². The first-order valence-electron chi connectivity index (χ1n) is 6.50. The normalized spacial score (nSPS) is 16.2. The van der Waals surface area contributed by atoms with Crippen LogP contribution >= 0.6 is 0 Å². The molecule has 0 aromatic heterocycles. The summed E-state index contributed by atoms with van der Waals surface area (Å²) in [4.78, 5) is 4.85. The second-order valence-electron chi connectivity index (χ2n) is 4.61. The third-order valence-electron chi connectivity index (χ3n) is 3.36. The maximum absolute atomic E-state index is 5.36. The summed E-state index contributed by atoms with van der Waals surface area (Å²) >= 11 is 0. The zero-order chi connectivity index (χ0) is 12.8. The number of hydrogen-bond acceptors (Lipinski definition) is 3. The van der Waals surface area contributed by atoms with Crippen molar-refractivity contribution in [2.75, 3.05) is 44.2 Å². The fourth-order valence-electron chi connectivity index (χ4n) is 2.30. The van der Waals surface area contributed by atoms with Crippen molar-refractivity contribution in [2.24, 2.45) is 5.73 Å². The lowest BCUT2D eigenvalue weighted by Gasteiger charge is -2.36. The molecule has 1 aromatic carbocycles. The van der Waals surface area contributed by atoms with Crippen LogP contribution in [0.4, 0.5) is 5.69 Å². The van der Waals surface area contributed by atoms with Gasteiger partial charge in [-0.2, -0.15) is 0 Å². The van der Waals surface area contributed by atoms with Crippen LogP contribution in [0.1, 0.15) is 5.56 Å². The van der Waals surface area contributed by atoms with Crippen LogP contribution in [-0.4, -0.2) is 44.2 Å². The summed E-state index contributed by atoms with van der Waals surface area (Å²) in [6.45, 7) is 7.79. The van der Waals surface area contributed by atoms with Crippen molar-refractivity contribution in [3.8, 4) is 11.8 Å². The van der Waals surface area contributed by atoms with E-state index in [0.717, 1.165) is 32.7 Å². The SMILES string of the molecule is Cc1ccccc1N1CCN(CC#CCN)CC1. The first kappa shape index (κ1) is 12.9. The van der Waals surface area contributed by atoms with E-state index in [9.17, 15) is 0 Å². The van der Waals surface area contributed by atoms with Gasteiger partial charge in [-0.25, -0.2) is 0 Å². The molecule has 1 fully saturated rings. The molecule has 2 rings (SSSR count). The van der Waals surface area contributed by atoms with Gasteiger partial charge in [-0.1, -0.05) is 30.0 Å². The number of benzene rings is 1. The van der Waals surface area contributed by atoms with E-state index >= 15 is 0 Å². The lowest BCUT2D eigenvalue weighted by Crippen LogP contribution is -2.46. The Balaban J connectivity index is 1.89. The minimum absolute atomic E-state index is 0.461. The first-order chi connectivity index (χ1) is 8.81. The van der Waals surface area contributed by atoms with Gasteiger partial charge in [0, 0.05) is 31.9 Å². The average molecular weight is 243 g/mol. The highest BCUT2D eigenvalue weighted by atomic mass is 15.3. The molecule has 1 aliphatic heterocycles. The van der Waals surface area contributed by atoms with Gasteiger partial charge in [-0.05, 0) is 18.6 Å². The van der Waals surface area contributed by atoms with Crippen LogP contribution in [0.15, 0.2) is 24.3 Å². The molecule has 18 heavy (non-hydrogen) atoms. The van der Waals surface area contributed by atoms with E-state index in [1.165, 1.54) is 11.3 Å². The number of nitrogens with two attached hydrogens (primary N) is 1. The Morgan fingerprint density at radius 2 is 1.83 bits per heavy atom. The van der Waals surface area contributed by atoms with Crippen molar-refractivity contribution in [3.05, 3.63) is 29.8 Å². The zero-order valence-corrected chi connectivity index (χ0v) is 11.0. The molecular weight excluding hydrogens is 222 g/mol. The lowest BCUT2D eigenvalue weighted by molar-refractivity contribution is 0.288. The molecule has 1 heterocycles. The number of piperazine rings is 1. The minimum atomic E-state index is 0.461. The summed E-state index contributed by atoms with van der Waals surface area (Å²) in [7, 11) is 0. The van der Waals surface area contributed by atoms with E-state index < -0.39 is 0 Å². The molecule has 0 saturated carbocycles. The molecule has 0 spiro atoms. The molecule has 1 aromatic rings. The van der Waals surface area contributed by atoms with Crippen LogP contribution in [-0.2, 0) is 0 Å². The fourth-order valence-corrected chi connectivity index (χ4v) is 2.30. The number of anilines is 1. The van der Waals surface area contributed by atoms with E-state index in [2.05, 4.69) is 52.8 Å². The Morgan fingerprint density at radius 1 is 1.11 bits per heavy atom. The first-order valence-corrected chi connectivity index (χ1v) is 6.50. The minimum Gasteiger partial charge on any atom is -0.369 e. The summed E-state index contributed by atoms with van der Waals surface area (Å²) in [5.41, 5.74) is 8.08. The molecule has 0 atom stereocenters. The summed E-state index contributed by atoms with van der Waals surface area (Å²) in [6.07, 6.45) is 0. The van der Waals surface area contributed by atoms with Gasteiger partial charge in [0.05, 0.1) is 13.1 Å². The highest BCUT2D eigenvalue weighted by Crippen LogP contribution is 2.20. The largest absolute Gasteiger partial charge is 0.369 e. The molecular formula is C15H21N3. The van der Waals surface area contributed by atoms with Gasteiger partial charge >= 0.3 is 0 Å². The van der Waals surface area contributed by atoms with Crippen LogP contribution in [0.3, 0.4) is 0 Å². The summed E-state index contributed by atoms with van der Waals surface area (Å²) < 4.78 is 0. The van der Waals surface area contributed by atoms with Crippen LogP contribution in [0, 0.1) is 18.8 Å². The van der Waals surface area contributed by atoms with Crippen molar-refractivity contribution in [3.63, 3.8) is 0 Å². The number of hydrogen-bond donors (Lipinski definition) is 1. The standard InChI is InChI=1S/C15H21N3/c1-14-6-2-3-7-15(14)18-12-10-17(11-13-18)9-5-4-8-16/h2-3,6-7H,8-13,16H2,1H3. The molecule has 2 N–H and O–H groups in total. The fraction of sp³-hybridized carbons (Fsp3) is 0.467. The van der Waals surface area contributed by atoms with Crippen molar-refractivity contribution in [1.82, 2.24) is 4.90 Å². The molecule has 3 nitrogen and oxygen atoms in total. The third-order valence-corrected chi connectivity index (χ3v) is 3.36. The molecule has 0 aliphatic carbocycles. The smallest absolute Gasteiger partial charge is 0.0603 e. The predicted octanol–water partition coefficient (Wildman–Crippen LogP) is 1.08. The Labute approximate surface area is 110 Å². The van der Waals surface area contributed by atoms with E-state index in [-0.39, 0.29) is 0 Å². The van der Waals surface area contributed by atoms with Crippen molar-refractivity contribution in [1.29, 1.82) is 0 Å². The molecule has 1 saturated heterocycles. The monoisotopic (exact) mass is 243 g/mol. The molecule has 96 valence electrons. The van der Waals surface area contributed by atoms with Gasteiger partial charge < -0.3 is 10.6 Å². The summed E-state index contributed by atoms with van der Waals surface area (Å²) in [6, 6.07) is 8.59. The molecule has 1 aliphatic rings. The van der Waals surface area contributed by atoms with Crippen molar-refractivity contribution < 1.29 is 0 Å². The number of rotatable bonds is 2. The van der Waals surface area contributed by atoms with Crippen LogP contribution in [0.2, 0.25) is 0 Å². The van der Waals surface area contributed by atoms with Crippen LogP contribution in [0.5, 0.6) is 0 Å². The van der Waals surface area contributed by atoms with Crippen molar-refractivity contribution >= 4 is 5.69 Å². The summed E-state index contributed by atoms with van der Waals surface area (Å²) in [5, 5.41) is 0. The molecule has 0 unspecified atom stereocenters. The van der Waals surface area contributed by atoms with E-state index in [1.54, 1.807) is 0 Å². The van der Waals surface area contributed by atoms with Gasteiger partial charge in [-0.3, -0.25) is 4.90 Å². The molecule has 0 amide bonds. The van der Waals surface area contributed by atoms with Crippen LogP contribution < -0.4 is 10.6 Å².